The van der Waals surface area contributed by atoms with Gasteiger partial charge >= 0.3 is 0 Å². The van der Waals surface area contributed by atoms with Gasteiger partial charge in [-0.1, -0.05) is 56.3 Å². The zero-order chi connectivity index (χ0) is 19.2. The lowest BCUT2D eigenvalue weighted by Gasteiger charge is -2.36. The predicted octanol–water partition coefficient (Wildman–Crippen LogP) is 3.46. The van der Waals surface area contributed by atoms with E-state index in [1.165, 1.54) is 11.6 Å². The lowest BCUT2D eigenvalue weighted by Crippen LogP contribution is -2.51. The molecule has 2 aromatic carbocycles. The van der Waals surface area contributed by atoms with E-state index in [4.69, 9.17) is 0 Å². The standard InChI is InChI=1S/C22H28FN3O/c1-17(2)22(18-8-4-3-5-9-18)24-16-21(27)26-14-12-25(13-15-26)20-11-7-6-10-19(20)23/h3-11,17,22,24H,12-16H2,1-2H3/t22-/m0/s1. The van der Waals surface area contributed by atoms with Gasteiger partial charge in [0.15, 0.2) is 0 Å². The van der Waals surface area contributed by atoms with Crippen molar-refractivity contribution in [3.63, 3.8) is 0 Å². The van der Waals surface area contributed by atoms with E-state index in [1.54, 1.807) is 12.1 Å². The molecule has 27 heavy (non-hydrogen) atoms. The number of nitrogens with one attached hydrogen (secondary N) is 1. The maximum atomic E-state index is 13.9. The smallest absolute Gasteiger partial charge is 0.236 e. The maximum Gasteiger partial charge on any atom is 0.236 e. The number of rotatable bonds is 6. The van der Waals surface area contributed by atoms with Crippen LogP contribution >= 0.6 is 0 Å². The van der Waals surface area contributed by atoms with Crippen molar-refractivity contribution in [2.24, 2.45) is 5.92 Å². The first-order valence-corrected chi connectivity index (χ1v) is 9.62. The van der Waals surface area contributed by atoms with Crippen LogP contribution in [0.4, 0.5) is 10.1 Å². The largest absolute Gasteiger partial charge is 0.366 e. The molecule has 5 heteroatoms. The van der Waals surface area contributed by atoms with Crippen LogP contribution in [0.15, 0.2) is 54.6 Å². The Morgan fingerprint density at radius 1 is 1.00 bits per heavy atom. The lowest BCUT2D eigenvalue weighted by atomic mass is 9.96. The highest BCUT2D eigenvalue weighted by Crippen LogP contribution is 2.22. The SMILES string of the molecule is CC(C)[C@H](NCC(=O)N1CCN(c2ccccc2F)CC1)c1ccccc1. The topological polar surface area (TPSA) is 35.6 Å². The molecule has 0 bridgehead atoms. The van der Waals surface area contributed by atoms with Crippen molar-refractivity contribution in [1.82, 2.24) is 10.2 Å². The van der Waals surface area contributed by atoms with E-state index in [9.17, 15) is 9.18 Å². The average molecular weight is 369 g/mol. The molecular weight excluding hydrogens is 341 g/mol. The molecule has 0 saturated carbocycles. The molecule has 1 fully saturated rings. The first-order chi connectivity index (χ1) is 13.1. The number of halogens is 1. The molecule has 0 aliphatic carbocycles. The fraction of sp³-hybridized carbons (Fsp3) is 0.409. The molecule has 1 saturated heterocycles. The Labute approximate surface area is 161 Å². The number of amides is 1. The molecule has 0 spiro atoms. The second-order valence-corrected chi connectivity index (χ2v) is 7.33. The summed E-state index contributed by atoms with van der Waals surface area (Å²) in [5.74, 6) is 0.282. The number of carbonyl (C=O) groups excluding carboxylic acids is 1. The van der Waals surface area contributed by atoms with Crippen molar-refractivity contribution in [3.8, 4) is 0 Å². The second-order valence-electron chi connectivity index (χ2n) is 7.33. The van der Waals surface area contributed by atoms with Crippen LogP contribution in [0.2, 0.25) is 0 Å². The normalized spacial score (nSPS) is 15.9. The van der Waals surface area contributed by atoms with Crippen molar-refractivity contribution in [1.29, 1.82) is 0 Å². The van der Waals surface area contributed by atoms with Gasteiger partial charge in [-0.3, -0.25) is 4.79 Å². The van der Waals surface area contributed by atoms with E-state index in [2.05, 4.69) is 31.3 Å². The molecule has 2 aromatic rings. The van der Waals surface area contributed by atoms with Gasteiger partial charge in [0, 0.05) is 32.2 Å². The number of carbonyl (C=O) groups is 1. The lowest BCUT2D eigenvalue weighted by molar-refractivity contribution is -0.130. The number of benzene rings is 2. The summed E-state index contributed by atoms with van der Waals surface area (Å²) in [4.78, 5) is 16.5. The summed E-state index contributed by atoms with van der Waals surface area (Å²) >= 11 is 0. The number of para-hydroxylation sites is 1. The third-order valence-corrected chi connectivity index (χ3v) is 5.12. The highest BCUT2D eigenvalue weighted by molar-refractivity contribution is 5.78. The van der Waals surface area contributed by atoms with Crippen molar-refractivity contribution < 1.29 is 9.18 Å². The van der Waals surface area contributed by atoms with Gasteiger partial charge in [-0.2, -0.15) is 0 Å². The minimum atomic E-state index is -0.207. The molecule has 1 aliphatic heterocycles. The highest BCUT2D eigenvalue weighted by atomic mass is 19.1. The molecule has 1 aliphatic rings. The maximum absolute atomic E-state index is 13.9. The Morgan fingerprint density at radius 3 is 2.26 bits per heavy atom. The third kappa shape index (κ3) is 4.86. The molecule has 144 valence electrons. The van der Waals surface area contributed by atoms with Gasteiger partial charge < -0.3 is 15.1 Å². The summed E-state index contributed by atoms with van der Waals surface area (Å²) < 4.78 is 13.9. The van der Waals surface area contributed by atoms with E-state index in [-0.39, 0.29) is 17.8 Å². The summed E-state index contributed by atoms with van der Waals surface area (Å²) in [5, 5.41) is 3.42. The van der Waals surface area contributed by atoms with Crippen molar-refractivity contribution >= 4 is 11.6 Å². The van der Waals surface area contributed by atoms with Crippen LogP contribution in [0.3, 0.4) is 0 Å². The van der Waals surface area contributed by atoms with Crippen molar-refractivity contribution in [2.45, 2.75) is 19.9 Å². The van der Waals surface area contributed by atoms with Gasteiger partial charge in [0.05, 0.1) is 12.2 Å². The zero-order valence-electron chi connectivity index (χ0n) is 16.1. The van der Waals surface area contributed by atoms with E-state index in [1.807, 2.05) is 34.1 Å². The van der Waals surface area contributed by atoms with Crippen LogP contribution in [0.25, 0.3) is 0 Å². The molecule has 3 rings (SSSR count). The number of piperazine rings is 1. The van der Waals surface area contributed by atoms with Gasteiger partial charge in [0.25, 0.3) is 0 Å². The molecule has 0 radical (unpaired) electrons. The van der Waals surface area contributed by atoms with Crippen LogP contribution in [0.5, 0.6) is 0 Å². The fourth-order valence-electron chi connectivity index (χ4n) is 3.61. The van der Waals surface area contributed by atoms with E-state index < -0.39 is 0 Å². The Hall–Kier alpha value is -2.40. The van der Waals surface area contributed by atoms with Gasteiger partial charge in [0.2, 0.25) is 5.91 Å². The number of nitrogens with zero attached hydrogens (tertiary/aromatic N) is 2. The quantitative estimate of drug-likeness (QED) is 0.847. The van der Waals surface area contributed by atoms with Crippen LogP contribution in [0, 0.1) is 11.7 Å². The van der Waals surface area contributed by atoms with Crippen LogP contribution in [0.1, 0.15) is 25.5 Å². The molecular formula is C22H28FN3O. The predicted molar refractivity (Wildman–Crippen MR) is 107 cm³/mol. The van der Waals surface area contributed by atoms with Gasteiger partial charge in [0.1, 0.15) is 5.82 Å². The monoisotopic (exact) mass is 369 g/mol. The second kappa shape index (κ2) is 9.00. The average Bonchev–Trinajstić information content (AvgIpc) is 2.69. The minimum Gasteiger partial charge on any atom is -0.366 e. The van der Waals surface area contributed by atoms with Gasteiger partial charge in [-0.25, -0.2) is 4.39 Å². The summed E-state index contributed by atoms with van der Waals surface area (Å²) in [7, 11) is 0. The van der Waals surface area contributed by atoms with Crippen molar-refractivity contribution in [2.75, 3.05) is 37.6 Å². The number of anilines is 1. The molecule has 1 atom stereocenters. The zero-order valence-corrected chi connectivity index (χ0v) is 16.1. The van der Waals surface area contributed by atoms with E-state index in [0.717, 1.165) is 0 Å². The third-order valence-electron chi connectivity index (χ3n) is 5.12. The Kier molecular flexibility index (Phi) is 6.45. The van der Waals surface area contributed by atoms with Crippen LogP contribution < -0.4 is 10.2 Å². The van der Waals surface area contributed by atoms with Crippen LogP contribution in [-0.2, 0) is 4.79 Å². The Bertz CT molecular complexity index is 742. The molecule has 1 amide bonds. The molecule has 1 N–H and O–H groups in total. The molecule has 1 heterocycles. The Balaban J connectivity index is 1.53. The number of hydrogen-bond donors (Lipinski definition) is 1. The molecule has 0 unspecified atom stereocenters. The van der Waals surface area contributed by atoms with Gasteiger partial charge in [-0.05, 0) is 23.6 Å². The summed E-state index contributed by atoms with van der Waals surface area (Å²) in [6.07, 6.45) is 0. The van der Waals surface area contributed by atoms with Crippen LogP contribution in [-0.4, -0.2) is 43.5 Å². The minimum absolute atomic E-state index is 0.102. The highest BCUT2D eigenvalue weighted by Gasteiger charge is 2.24. The molecule has 0 aromatic heterocycles. The number of hydrogen-bond acceptors (Lipinski definition) is 3. The Morgan fingerprint density at radius 2 is 1.63 bits per heavy atom. The summed E-state index contributed by atoms with van der Waals surface area (Å²) in [5.41, 5.74) is 1.82. The van der Waals surface area contributed by atoms with Gasteiger partial charge in [-0.15, -0.1) is 0 Å². The van der Waals surface area contributed by atoms with Crippen molar-refractivity contribution in [3.05, 3.63) is 66.0 Å². The summed E-state index contributed by atoms with van der Waals surface area (Å²) in [6.45, 7) is 7.17. The first kappa shape index (κ1) is 19.4. The summed E-state index contributed by atoms with van der Waals surface area (Å²) in [6, 6.07) is 17.2. The fourth-order valence-corrected chi connectivity index (χ4v) is 3.61. The van der Waals surface area contributed by atoms with E-state index in [0.29, 0.717) is 44.3 Å². The first-order valence-electron chi connectivity index (χ1n) is 9.62. The molecule has 4 nitrogen and oxygen atoms in total. The van der Waals surface area contributed by atoms with E-state index >= 15 is 0 Å².